The molecule has 0 spiro atoms. The Morgan fingerprint density at radius 3 is 1.07 bits per heavy atom. The zero-order chi connectivity index (χ0) is 20.9. The second-order valence-corrected chi connectivity index (χ2v) is 7.21. The Labute approximate surface area is 166 Å². The predicted molar refractivity (Wildman–Crippen MR) is 114 cm³/mol. The fraction of sp³-hybridized carbons (Fsp3) is 0.739. The maximum absolute atomic E-state index is 10.4. The fourth-order valence-electron chi connectivity index (χ4n) is 2.63. The van der Waals surface area contributed by atoms with Crippen molar-refractivity contribution in [3.63, 3.8) is 0 Å². The van der Waals surface area contributed by atoms with Crippen LogP contribution in [-0.4, -0.2) is 22.2 Å². The summed E-state index contributed by atoms with van der Waals surface area (Å²) >= 11 is 0. The second kappa shape index (κ2) is 20.7. The van der Waals surface area contributed by atoms with Gasteiger partial charge in [-0.1, -0.05) is 97.6 Å². The molecule has 158 valence electrons. The van der Waals surface area contributed by atoms with Crippen LogP contribution >= 0.6 is 0 Å². The third-order valence-corrected chi connectivity index (χ3v) is 4.52. The Balaban J connectivity index is 0. The van der Waals surface area contributed by atoms with E-state index in [4.69, 9.17) is 10.2 Å². The molecule has 0 fully saturated rings. The monoisotopic (exact) mass is 382 g/mol. The molecule has 0 aliphatic rings. The van der Waals surface area contributed by atoms with Crippen molar-refractivity contribution in [2.24, 2.45) is 0 Å². The molecule has 0 unspecified atom stereocenters. The Morgan fingerprint density at radius 2 is 0.815 bits per heavy atom. The molecule has 0 aliphatic carbocycles. The van der Waals surface area contributed by atoms with E-state index in [1.54, 1.807) is 0 Å². The highest BCUT2D eigenvalue weighted by Gasteiger charge is 2.03. The zero-order valence-corrected chi connectivity index (χ0v) is 17.7. The lowest BCUT2D eigenvalue weighted by molar-refractivity contribution is -0.133. The molecule has 0 radical (unpaired) electrons. The minimum Gasteiger partial charge on any atom is -0.478 e. The van der Waals surface area contributed by atoms with Crippen LogP contribution in [0.1, 0.15) is 110 Å². The summed E-state index contributed by atoms with van der Waals surface area (Å²) in [7, 11) is 0. The second-order valence-electron chi connectivity index (χ2n) is 7.21. The van der Waals surface area contributed by atoms with Crippen LogP contribution in [0.2, 0.25) is 0 Å². The SMILES string of the molecule is C=C(CCCCCCCC)C(=O)O.C=C(CCCCCCCCC)C(=O)O. The fourth-order valence-corrected chi connectivity index (χ4v) is 2.63. The van der Waals surface area contributed by atoms with Crippen LogP contribution in [0.15, 0.2) is 24.3 Å². The largest absolute Gasteiger partial charge is 0.478 e. The molecule has 0 bridgehead atoms. The summed E-state index contributed by atoms with van der Waals surface area (Å²) in [6.07, 6.45) is 17.0. The quantitative estimate of drug-likeness (QED) is 0.207. The third-order valence-electron chi connectivity index (χ3n) is 4.52. The Bertz CT molecular complexity index is 413. The lowest BCUT2D eigenvalue weighted by atomic mass is 10.1. The minimum atomic E-state index is -0.853. The first-order valence-corrected chi connectivity index (χ1v) is 10.7. The number of hydrogen-bond donors (Lipinski definition) is 2. The lowest BCUT2D eigenvalue weighted by Crippen LogP contribution is -1.98. The van der Waals surface area contributed by atoms with Gasteiger partial charge in [-0.3, -0.25) is 0 Å². The van der Waals surface area contributed by atoms with Gasteiger partial charge in [0.05, 0.1) is 0 Å². The van der Waals surface area contributed by atoms with Crippen molar-refractivity contribution in [1.82, 2.24) is 0 Å². The first-order chi connectivity index (χ1) is 12.9. The van der Waals surface area contributed by atoms with Gasteiger partial charge in [0.1, 0.15) is 0 Å². The van der Waals surface area contributed by atoms with Crippen molar-refractivity contribution in [2.75, 3.05) is 0 Å². The first-order valence-electron chi connectivity index (χ1n) is 10.7. The number of hydrogen-bond acceptors (Lipinski definition) is 2. The highest BCUT2D eigenvalue weighted by molar-refractivity contribution is 5.85. The maximum Gasteiger partial charge on any atom is 0.330 e. The van der Waals surface area contributed by atoms with Gasteiger partial charge in [-0.25, -0.2) is 9.59 Å². The number of carboxylic acid groups (broad SMARTS) is 2. The summed E-state index contributed by atoms with van der Waals surface area (Å²) in [5.74, 6) is -1.70. The summed E-state index contributed by atoms with van der Waals surface area (Å²) in [4.78, 5) is 20.8. The van der Waals surface area contributed by atoms with Gasteiger partial charge in [0.15, 0.2) is 0 Å². The van der Waals surface area contributed by atoms with E-state index in [0.29, 0.717) is 24.0 Å². The van der Waals surface area contributed by atoms with Crippen LogP contribution < -0.4 is 0 Å². The van der Waals surface area contributed by atoms with Gasteiger partial charge in [0.25, 0.3) is 0 Å². The highest BCUT2D eigenvalue weighted by Crippen LogP contribution is 2.11. The lowest BCUT2D eigenvalue weighted by Gasteiger charge is -2.01. The summed E-state index contributed by atoms with van der Waals surface area (Å²) in [5, 5.41) is 17.1. The molecule has 0 amide bonds. The summed E-state index contributed by atoms with van der Waals surface area (Å²) in [6.45, 7) is 11.4. The van der Waals surface area contributed by atoms with Gasteiger partial charge < -0.3 is 10.2 Å². The van der Waals surface area contributed by atoms with Crippen LogP contribution in [0.5, 0.6) is 0 Å². The Morgan fingerprint density at radius 1 is 0.556 bits per heavy atom. The van der Waals surface area contributed by atoms with Gasteiger partial charge in [-0.05, 0) is 25.7 Å². The van der Waals surface area contributed by atoms with Gasteiger partial charge in [-0.2, -0.15) is 0 Å². The topological polar surface area (TPSA) is 74.6 Å². The smallest absolute Gasteiger partial charge is 0.330 e. The zero-order valence-electron chi connectivity index (χ0n) is 17.7. The van der Waals surface area contributed by atoms with Crippen molar-refractivity contribution in [2.45, 2.75) is 110 Å². The van der Waals surface area contributed by atoms with E-state index in [9.17, 15) is 9.59 Å². The number of carbonyl (C=O) groups is 2. The molecule has 0 aromatic carbocycles. The number of carboxylic acids is 2. The number of rotatable bonds is 17. The standard InChI is InChI=1S/C12H22O2.C11H20O2/c1-3-4-5-6-7-8-9-10-11(2)12(13)14;1-3-4-5-6-7-8-9-10(2)11(12)13/h2-10H2,1H3,(H,13,14);2-9H2,1H3,(H,12,13). The van der Waals surface area contributed by atoms with Crippen LogP contribution in [0.3, 0.4) is 0 Å². The Kier molecular flexibility index (Phi) is 21.2. The molecule has 2 N–H and O–H groups in total. The van der Waals surface area contributed by atoms with Crippen molar-refractivity contribution < 1.29 is 19.8 Å². The maximum atomic E-state index is 10.4. The van der Waals surface area contributed by atoms with E-state index >= 15 is 0 Å². The predicted octanol–water partition coefficient (Wildman–Crippen LogP) is 7.15. The molecule has 0 aromatic heterocycles. The van der Waals surface area contributed by atoms with Gasteiger partial charge in [0.2, 0.25) is 0 Å². The molecule has 0 saturated carbocycles. The summed E-state index contributed by atoms with van der Waals surface area (Å²) in [5.41, 5.74) is 0.689. The van der Waals surface area contributed by atoms with Gasteiger partial charge >= 0.3 is 11.9 Å². The van der Waals surface area contributed by atoms with E-state index in [-0.39, 0.29) is 0 Å². The molecular formula is C23H42O4. The average Bonchev–Trinajstić information content (AvgIpc) is 2.63. The van der Waals surface area contributed by atoms with E-state index in [1.807, 2.05) is 0 Å². The minimum absolute atomic E-state index is 0.343. The van der Waals surface area contributed by atoms with E-state index < -0.39 is 11.9 Å². The van der Waals surface area contributed by atoms with Gasteiger partial charge in [0, 0.05) is 11.1 Å². The molecular weight excluding hydrogens is 340 g/mol. The van der Waals surface area contributed by atoms with Crippen molar-refractivity contribution in [3.8, 4) is 0 Å². The van der Waals surface area contributed by atoms with Crippen molar-refractivity contribution in [1.29, 1.82) is 0 Å². The number of aliphatic carboxylic acids is 2. The van der Waals surface area contributed by atoms with E-state index in [2.05, 4.69) is 27.0 Å². The molecule has 4 heteroatoms. The van der Waals surface area contributed by atoms with Crippen LogP contribution in [-0.2, 0) is 9.59 Å². The number of unbranched alkanes of at least 4 members (excludes halogenated alkanes) is 11. The molecule has 0 aromatic rings. The van der Waals surface area contributed by atoms with Crippen LogP contribution in [0.25, 0.3) is 0 Å². The average molecular weight is 383 g/mol. The highest BCUT2D eigenvalue weighted by atomic mass is 16.4. The Hall–Kier alpha value is -1.58. The molecule has 27 heavy (non-hydrogen) atoms. The molecule has 0 aliphatic heterocycles. The van der Waals surface area contributed by atoms with E-state index in [0.717, 1.165) is 25.7 Å². The van der Waals surface area contributed by atoms with E-state index in [1.165, 1.54) is 57.8 Å². The molecule has 0 rings (SSSR count). The molecule has 0 saturated heterocycles. The van der Waals surface area contributed by atoms with Crippen LogP contribution in [0.4, 0.5) is 0 Å². The molecule has 4 nitrogen and oxygen atoms in total. The summed E-state index contributed by atoms with van der Waals surface area (Å²) in [6, 6.07) is 0. The van der Waals surface area contributed by atoms with Crippen molar-refractivity contribution in [3.05, 3.63) is 24.3 Å². The van der Waals surface area contributed by atoms with Crippen LogP contribution in [0, 0.1) is 0 Å². The first kappa shape index (κ1) is 27.6. The third kappa shape index (κ3) is 22.4. The summed E-state index contributed by atoms with van der Waals surface area (Å²) < 4.78 is 0. The molecule has 0 heterocycles. The molecule has 0 atom stereocenters. The van der Waals surface area contributed by atoms with Crippen molar-refractivity contribution >= 4 is 11.9 Å². The van der Waals surface area contributed by atoms with Gasteiger partial charge in [-0.15, -0.1) is 0 Å². The normalized spacial score (nSPS) is 10.0.